The third kappa shape index (κ3) is 5.26. The highest BCUT2D eigenvalue weighted by molar-refractivity contribution is 7.99. The summed E-state index contributed by atoms with van der Waals surface area (Å²) >= 11 is 1.95. The van der Waals surface area contributed by atoms with Gasteiger partial charge in [0.05, 0.1) is 0 Å². The van der Waals surface area contributed by atoms with E-state index in [-0.39, 0.29) is 0 Å². The van der Waals surface area contributed by atoms with Crippen molar-refractivity contribution in [2.75, 3.05) is 12.8 Å². The summed E-state index contributed by atoms with van der Waals surface area (Å²) in [6, 6.07) is 0.694. The minimum Gasteiger partial charge on any atom is -0.313 e. The summed E-state index contributed by atoms with van der Waals surface area (Å²) in [5, 5.41) is 3.68. The molecule has 1 atom stereocenters. The average molecular weight is 229 g/mol. The smallest absolute Gasteiger partial charge is 0.0225 e. The lowest BCUT2D eigenvalue weighted by Gasteiger charge is -2.26. The van der Waals surface area contributed by atoms with Crippen LogP contribution in [0.2, 0.25) is 0 Å². The van der Waals surface area contributed by atoms with Crippen LogP contribution in [0, 0.1) is 5.92 Å². The van der Waals surface area contributed by atoms with Gasteiger partial charge >= 0.3 is 0 Å². The molecule has 0 spiro atoms. The first-order chi connectivity index (χ1) is 7.03. The van der Waals surface area contributed by atoms with Gasteiger partial charge in [0.15, 0.2) is 0 Å². The quantitative estimate of drug-likeness (QED) is 0.745. The normalized spacial score (nSPS) is 20.8. The maximum Gasteiger partial charge on any atom is 0.0225 e. The second-order valence-electron chi connectivity index (χ2n) is 5.63. The van der Waals surface area contributed by atoms with Crippen LogP contribution in [0.3, 0.4) is 0 Å². The van der Waals surface area contributed by atoms with Crippen molar-refractivity contribution in [3.63, 3.8) is 0 Å². The van der Waals surface area contributed by atoms with Gasteiger partial charge in [-0.1, -0.05) is 25.7 Å². The van der Waals surface area contributed by atoms with Gasteiger partial charge in [-0.2, -0.15) is 11.8 Å². The van der Waals surface area contributed by atoms with Crippen molar-refractivity contribution in [2.24, 2.45) is 5.92 Å². The van der Waals surface area contributed by atoms with Gasteiger partial charge in [0.1, 0.15) is 0 Å². The molecule has 0 heterocycles. The number of hydrogen-bond donors (Lipinski definition) is 1. The highest BCUT2D eigenvalue weighted by Crippen LogP contribution is 2.28. The fourth-order valence-corrected chi connectivity index (χ4v) is 2.55. The molecule has 1 nitrogen and oxygen atoms in total. The van der Waals surface area contributed by atoms with Crippen molar-refractivity contribution >= 4 is 11.8 Å². The first-order valence-electron chi connectivity index (χ1n) is 6.32. The van der Waals surface area contributed by atoms with E-state index >= 15 is 0 Å². The highest BCUT2D eigenvalue weighted by atomic mass is 32.2. The molecule has 1 rings (SSSR count). The summed E-state index contributed by atoms with van der Waals surface area (Å²) in [6.07, 6.45) is 9.45. The maximum atomic E-state index is 3.68. The molecule has 2 heteroatoms. The number of thioether (sulfide) groups is 1. The SMILES string of the molecule is CSC(C)(C)CNC(C)CC1CCCC1. The molecule has 0 aromatic heterocycles. The third-order valence-corrected chi connectivity index (χ3v) is 4.84. The van der Waals surface area contributed by atoms with Gasteiger partial charge in [-0.05, 0) is 39.4 Å². The Morgan fingerprint density at radius 3 is 2.47 bits per heavy atom. The van der Waals surface area contributed by atoms with Gasteiger partial charge in [-0.3, -0.25) is 0 Å². The van der Waals surface area contributed by atoms with E-state index in [2.05, 4.69) is 32.3 Å². The van der Waals surface area contributed by atoms with Crippen LogP contribution in [0.1, 0.15) is 52.9 Å². The Hall–Kier alpha value is 0.310. The van der Waals surface area contributed by atoms with E-state index in [0.717, 1.165) is 12.5 Å². The van der Waals surface area contributed by atoms with Crippen molar-refractivity contribution in [3.8, 4) is 0 Å². The van der Waals surface area contributed by atoms with Crippen LogP contribution >= 0.6 is 11.8 Å². The molecule has 0 aromatic rings. The predicted molar refractivity (Wildman–Crippen MR) is 71.6 cm³/mol. The van der Waals surface area contributed by atoms with Crippen LogP contribution in [0.15, 0.2) is 0 Å². The predicted octanol–water partition coefficient (Wildman–Crippen LogP) is 3.69. The van der Waals surface area contributed by atoms with Crippen molar-refractivity contribution < 1.29 is 0 Å². The Balaban J connectivity index is 2.15. The summed E-state index contributed by atoms with van der Waals surface area (Å²) in [6.45, 7) is 8.09. The Bertz CT molecular complexity index is 173. The summed E-state index contributed by atoms with van der Waals surface area (Å²) in [5.41, 5.74) is 0. The van der Waals surface area contributed by atoms with E-state index in [4.69, 9.17) is 0 Å². The molecule has 1 aliphatic rings. The van der Waals surface area contributed by atoms with E-state index in [1.165, 1.54) is 32.1 Å². The summed E-state index contributed by atoms with van der Waals surface area (Å²) in [5.74, 6) is 1.00. The molecule has 0 radical (unpaired) electrons. The van der Waals surface area contributed by atoms with Crippen LogP contribution in [0.5, 0.6) is 0 Å². The van der Waals surface area contributed by atoms with Crippen LogP contribution in [0.4, 0.5) is 0 Å². The number of nitrogens with one attached hydrogen (secondary N) is 1. The number of hydrogen-bond acceptors (Lipinski definition) is 2. The molecule has 1 fully saturated rings. The molecule has 0 aliphatic heterocycles. The zero-order valence-electron chi connectivity index (χ0n) is 10.8. The molecule has 90 valence electrons. The Morgan fingerprint density at radius 1 is 1.33 bits per heavy atom. The fraction of sp³-hybridized carbons (Fsp3) is 1.00. The van der Waals surface area contributed by atoms with Crippen LogP contribution in [0.25, 0.3) is 0 Å². The fourth-order valence-electron chi connectivity index (χ4n) is 2.32. The van der Waals surface area contributed by atoms with Gasteiger partial charge < -0.3 is 5.32 Å². The Morgan fingerprint density at radius 2 is 1.93 bits per heavy atom. The monoisotopic (exact) mass is 229 g/mol. The molecule has 1 unspecified atom stereocenters. The summed E-state index contributed by atoms with van der Waals surface area (Å²) in [7, 11) is 0. The van der Waals surface area contributed by atoms with E-state index in [0.29, 0.717) is 10.8 Å². The zero-order chi connectivity index (χ0) is 11.3. The molecule has 1 N–H and O–H groups in total. The Kier molecular flexibility index (Phi) is 5.48. The molecule has 1 aliphatic carbocycles. The van der Waals surface area contributed by atoms with Gasteiger partial charge in [0.2, 0.25) is 0 Å². The Labute approximate surface area is 99.8 Å². The molecular weight excluding hydrogens is 202 g/mol. The molecule has 0 aromatic carbocycles. The lowest BCUT2D eigenvalue weighted by Crippen LogP contribution is -2.38. The summed E-state index contributed by atoms with van der Waals surface area (Å²) in [4.78, 5) is 0. The highest BCUT2D eigenvalue weighted by Gasteiger charge is 2.20. The van der Waals surface area contributed by atoms with Crippen LogP contribution in [-0.2, 0) is 0 Å². The second-order valence-corrected chi connectivity index (χ2v) is 7.15. The maximum absolute atomic E-state index is 3.68. The van der Waals surface area contributed by atoms with Crippen molar-refractivity contribution in [1.29, 1.82) is 0 Å². The molecular formula is C13H27NS. The van der Waals surface area contributed by atoms with E-state index in [1.54, 1.807) is 0 Å². The minimum absolute atomic E-state index is 0.379. The van der Waals surface area contributed by atoms with Crippen LogP contribution in [-0.4, -0.2) is 23.6 Å². The van der Waals surface area contributed by atoms with Gasteiger partial charge in [-0.15, -0.1) is 0 Å². The largest absolute Gasteiger partial charge is 0.313 e. The second kappa shape index (κ2) is 6.15. The zero-order valence-corrected chi connectivity index (χ0v) is 11.6. The van der Waals surface area contributed by atoms with Gasteiger partial charge in [0, 0.05) is 17.3 Å². The molecule has 0 amide bonds. The summed E-state index contributed by atoms with van der Waals surface area (Å²) < 4.78 is 0.379. The lowest BCUT2D eigenvalue weighted by molar-refractivity contribution is 0.396. The molecule has 0 saturated heterocycles. The van der Waals surface area contributed by atoms with Crippen molar-refractivity contribution in [1.82, 2.24) is 5.32 Å². The van der Waals surface area contributed by atoms with E-state index in [9.17, 15) is 0 Å². The van der Waals surface area contributed by atoms with Crippen molar-refractivity contribution in [3.05, 3.63) is 0 Å². The van der Waals surface area contributed by atoms with Gasteiger partial charge in [-0.25, -0.2) is 0 Å². The van der Waals surface area contributed by atoms with E-state index < -0.39 is 0 Å². The van der Waals surface area contributed by atoms with Crippen molar-refractivity contribution in [2.45, 2.75) is 63.7 Å². The first-order valence-corrected chi connectivity index (χ1v) is 7.54. The average Bonchev–Trinajstić information content (AvgIpc) is 2.68. The third-order valence-electron chi connectivity index (χ3n) is 3.59. The lowest BCUT2D eigenvalue weighted by atomic mass is 9.99. The standard InChI is InChI=1S/C13H27NS/c1-11(9-12-7-5-6-8-12)14-10-13(2,3)15-4/h11-12,14H,5-10H2,1-4H3. The minimum atomic E-state index is 0.379. The van der Waals surface area contributed by atoms with E-state index in [1.807, 2.05) is 11.8 Å². The molecule has 0 bridgehead atoms. The molecule has 1 saturated carbocycles. The van der Waals surface area contributed by atoms with Crippen LogP contribution < -0.4 is 5.32 Å². The number of rotatable bonds is 6. The van der Waals surface area contributed by atoms with Gasteiger partial charge in [0.25, 0.3) is 0 Å². The topological polar surface area (TPSA) is 12.0 Å². The molecule has 15 heavy (non-hydrogen) atoms. The first kappa shape index (κ1) is 13.4.